The van der Waals surface area contributed by atoms with Crippen LogP contribution in [0.3, 0.4) is 0 Å². The molecule has 0 aliphatic heterocycles. The molecule has 1 aromatic carbocycles. The number of rotatable bonds is 10. The highest BCUT2D eigenvalue weighted by Crippen LogP contribution is 2.45. The molecule has 4 N–H and O–H groups in total. The third kappa shape index (κ3) is 5.32. The molecule has 1 saturated carbocycles. The second kappa shape index (κ2) is 11.5. The number of benzene rings is 1. The molecule has 38 heavy (non-hydrogen) atoms. The number of hydrogen-bond acceptors (Lipinski definition) is 8. The lowest BCUT2D eigenvalue weighted by Crippen LogP contribution is -2.41. The Balaban J connectivity index is 1.34. The van der Waals surface area contributed by atoms with Crippen LogP contribution in [0.15, 0.2) is 30.5 Å². The zero-order valence-corrected chi connectivity index (χ0v) is 23.0. The average molecular weight is 541 g/mol. The summed E-state index contributed by atoms with van der Waals surface area (Å²) in [5.41, 5.74) is 9.08. The summed E-state index contributed by atoms with van der Waals surface area (Å²) in [6.45, 7) is 1.65. The van der Waals surface area contributed by atoms with E-state index in [4.69, 9.17) is 26.8 Å². The number of halogens is 1. The van der Waals surface area contributed by atoms with E-state index in [2.05, 4.69) is 50.8 Å². The van der Waals surface area contributed by atoms with Gasteiger partial charge in [-0.25, -0.2) is 4.98 Å². The summed E-state index contributed by atoms with van der Waals surface area (Å²) in [7, 11) is 5.62. The second-order valence-corrected chi connectivity index (χ2v) is 11.0. The first-order valence-electron chi connectivity index (χ1n) is 13.3. The van der Waals surface area contributed by atoms with Crippen molar-refractivity contribution in [3.63, 3.8) is 0 Å². The first kappa shape index (κ1) is 26.7. The number of hydrogen-bond donors (Lipinski definition) is 3. The van der Waals surface area contributed by atoms with Gasteiger partial charge in [0.25, 0.3) is 0 Å². The minimum atomic E-state index is -0.301. The molecule has 2 aromatic rings. The number of aryl methyl sites for hydroxylation is 1. The Bertz CT molecular complexity index is 1210. The van der Waals surface area contributed by atoms with Gasteiger partial charge in [0.15, 0.2) is 5.82 Å². The normalized spacial score (nSPS) is 25.8. The van der Waals surface area contributed by atoms with Crippen molar-refractivity contribution < 1.29 is 14.3 Å². The number of aromatic nitrogens is 2. The van der Waals surface area contributed by atoms with Crippen molar-refractivity contribution in [2.24, 2.45) is 23.5 Å². The lowest BCUT2D eigenvalue weighted by Gasteiger charge is -2.27. The molecule has 10 heteroatoms. The summed E-state index contributed by atoms with van der Waals surface area (Å²) < 4.78 is 11.2. The quantitative estimate of drug-likeness (QED) is 0.308. The van der Waals surface area contributed by atoms with Gasteiger partial charge in [0.1, 0.15) is 10.8 Å². The number of nitrogens with zero attached hydrogens (tertiary/aromatic N) is 3. The summed E-state index contributed by atoms with van der Waals surface area (Å²) in [6.07, 6.45) is 10.8. The molecule has 5 atom stereocenters. The molecule has 1 heterocycles. The number of carbonyl (C=O) groups is 1. The lowest BCUT2D eigenvalue weighted by molar-refractivity contribution is -0.122. The van der Waals surface area contributed by atoms with Gasteiger partial charge >= 0.3 is 0 Å². The fraction of sp³-hybridized carbons (Fsp3) is 0.536. The number of amides is 1. The molecule has 0 saturated heterocycles. The zero-order chi connectivity index (χ0) is 26.8. The number of carbonyl (C=O) groups excluding carboxylic acids is 1. The van der Waals surface area contributed by atoms with Gasteiger partial charge in [-0.05, 0) is 68.2 Å². The fourth-order valence-electron chi connectivity index (χ4n) is 6.36. The maximum atomic E-state index is 12.1. The van der Waals surface area contributed by atoms with Crippen molar-refractivity contribution in [2.75, 3.05) is 45.1 Å². The van der Waals surface area contributed by atoms with E-state index >= 15 is 0 Å². The largest absolute Gasteiger partial charge is 0.494 e. The SMILES string of the molecule is COCCN(C)C1CCc2ccc(Nc3ncc(Cl)c(NC4C5C=CC(C5)C4C(N)=O)n3)c(OC)c2CC1. The van der Waals surface area contributed by atoms with Gasteiger partial charge in [0, 0.05) is 25.7 Å². The lowest BCUT2D eigenvalue weighted by atomic mass is 9.88. The number of allylic oxidation sites excluding steroid dienone is 1. The van der Waals surface area contributed by atoms with Gasteiger partial charge in [-0.3, -0.25) is 4.79 Å². The molecule has 9 nitrogen and oxygen atoms in total. The number of nitrogens with one attached hydrogen (secondary N) is 2. The van der Waals surface area contributed by atoms with Gasteiger partial charge in [-0.1, -0.05) is 29.8 Å². The van der Waals surface area contributed by atoms with Crippen LogP contribution in [0.5, 0.6) is 5.75 Å². The summed E-state index contributed by atoms with van der Waals surface area (Å²) in [4.78, 5) is 23.6. The number of anilines is 3. The number of nitrogens with two attached hydrogens (primary N) is 1. The Hall–Kier alpha value is -2.88. The Labute approximate surface area is 229 Å². The van der Waals surface area contributed by atoms with Crippen LogP contribution in [0.4, 0.5) is 17.5 Å². The van der Waals surface area contributed by atoms with E-state index in [-0.39, 0.29) is 29.7 Å². The molecule has 5 rings (SSSR count). The highest BCUT2D eigenvalue weighted by molar-refractivity contribution is 6.32. The van der Waals surface area contributed by atoms with Crippen molar-refractivity contribution in [1.29, 1.82) is 0 Å². The van der Waals surface area contributed by atoms with Gasteiger partial charge in [-0.15, -0.1) is 0 Å². The van der Waals surface area contributed by atoms with E-state index in [1.54, 1.807) is 20.4 Å². The predicted octanol–water partition coefficient (Wildman–Crippen LogP) is 3.80. The molecular weight excluding hydrogens is 504 g/mol. The first-order valence-corrected chi connectivity index (χ1v) is 13.7. The highest BCUT2D eigenvalue weighted by atomic mass is 35.5. The Morgan fingerprint density at radius 1 is 1.21 bits per heavy atom. The Kier molecular flexibility index (Phi) is 8.07. The molecule has 5 unspecified atom stereocenters. The molecule has 1 amide bonds. The standard InChI is InChI=1S/C28H37ClN6O3/c1-35(12-13-37-2)19-8-6-16-7-11-22(25(38-3)20(16)10-9-19)32-28-31-15-21(29)27(34-28)33-24-18-5-4-17(14-18)23(24)26(30)36/h4-5,7,11,15,17-19,23-24H,6,8-10,12-14H2,1-3H3,(H2,30,36)(H2,31,32,33,34). The van der Waals surface area contributed by atoms with E-state index in [1.807, 2.05) is 6.07 Å². The number of ether oxygens (including phenoxy) is 2. The number of primary amides is 1. The smallest absolute Gasteiger partial charge is 0.229 e. The molecule has 0 radical (unpaired) electrons. The summed E-state index contributed by atoms with van der Waals surface area (Å²) in [5, 5.41) is 7.12. The first-order chi connectivity index (χ1) is 18.4. The predicted molar refractivity (Wildman–Crippen MR) is 149 cm³/mol. The topological polar surface area (TPSA) is 115 Å². The molecular formula is C28H37ClN6O3. The van der Waals surface area contributed by atoms with Gasteiger partial charge < -0.3 is 30.7 Å². The summed E-state index contributed by atoms with van der Waals surface area (Å²) in [5.74, 6) is 1.51. The van der Waals surface area contributed by atoms with E-state index < -0.39 is 0 Å². The Morgan fingerprint density at radius 2 is 2.00 bits per heavy atom. The minimum absolute atomic E-state index is 0.139. The van der Waals surface area contributed by atoms with Crippen molar-refractivity contribution >= 4 is 35.0 Å². The van der Waals surface area contributed by atoms with E-state index in [9.17, 15) is 4.79 Å². The molecule has 0 spiro atoms. The zero-order valence-electron chi connectivity index (χ0n) is 22.2. The van der Waals surface area contributed by atoms with E-state index in [0.29, 0.717) is 22.8 Å². The molecule has 2 bridgehead atoms. The maximum absolute atomic E-state index is 12.1. The van der Waals surface area contributed by atoms with E-state index in [1.165, 1.54) is 11.1 Å². The van der Waals surface area contributed by atoms with Crippen molar-refractivity contribution in [3.05, 3.63) is 46.6 Å². The van der Waals surface area contributed by atoms with Crippen LogP contribution in [-0.2, 0) is 22.4 Å². The van der Waals surface area contributed by atoms with Crippen LogP contribution in [-0.4, -0.2) is 67.3 Å². The molecule has 1 aromatic heterocycles. The summed E-state index contributed by atoms with van der Waals surface area (Å²) >= 11 is 6.46. The third-order valence-corrected chi connectivity index (χ3v) is 8.67. The summed E-state index contributed by atoms with van der Waals surface area (Å²) in [6, 6.07) is 4.56. The number of likely N-dealkylation sites (N-methyl/N-ethyl adjacent to an activating group) is 1. The fourth-order valence-corrected chi connectivity index (χ4v) is 6.50. The third-order valence-electron chi connectivity index (χ3n) is 8.39. The van der Waals surface area contributed by atoms with Crippen molar-refractivity contribution in [3.8, 4) is 5.75 Å². The molecule has 3 aliphatic carbocycles. The maximum Gasteiger partial charge on any atom is 0.229 e. The highest BCUT2D eigenvalue weighted by Gasteiger charge is 2.47. The minimum Gasteiger partial charge on any atom is -0.494 e. The molecule has 204 valence electrons. The number of fused-ring (bicyclic) bond motifs is 3. The molecule has 1 fully saturated rings. The monoisotopic (exact) mass is 540 g/mol. The van der Waals surface area contributed by atoms with Gasteiger partial charge in [0.2, 0.25) is 11.9 Å². The van der Waals surface area contributed by atoms with Crippen LogP contribution < -0.4 is 21.1 Å². The van der Waals surface area contributed by atoms with Crippen LogP contribution in [0.1, 0.15) is 30.4 Å². The number of methoxy groups -OCH3 is 2. The van der Waals surface area contributed by atoms with Crippen LogP contribution >= 0.6 is 11.6 Å². The van der Waals surface area contributed by atoms with Crippen molar-refractivity contribution in [2.45, 2.75) is 44.2 Å². The van der Waals surface area contributed by atoms with Crippen LogP contribution in [0, 0.1) is 17.8 Å². The van der Waals surface area contributed by atoms with Gasteiger partial charge in [0.05, 0.1) is 31.5 Å². The Morgan fingerprint density at radius 3 is 2.76 bits per heavy atom. The van der Waals surface area contributed by atoms with Gasteiger partial charge in [-0.2, -0.15) is 4.98 Å². The van der Waals surface area contributed by atoms with Crippen molar-refractivity contribution in [1.82, 2.24) is 14.9 Å². The second-order valence-electron chi connectivity index (χ2n) is 10.6. The van der Waals surface area contributed by atoms with Crippen LogP contribution in [0.2, 0.25) is 5.02 Å². The van der Waals surface area contributed by atoms with E-state index in [0.717, 1.165) is 56.7 Å². The molecule has 3 aliphatic rings. The average Bonchev–Trinajstić information content (AvgIpc) is 3.44. The van der Waals surface area contributed by atoms with Crippen LogP contribution in [0.25, 0.3) is 0 Å².